The number of hydrogen-bond donors (Lipinski definition) is 3. The first-order chi connectivity index (χ1) is 14.0. The van der Waals surface area contributed by atoms with Crippen LogP contribution < -0.4 is 21.8 Å². The number of aromatic amines is 1. The predicted octanol–water partition coefficient (Wildman–Crippen LogP) is 4.43. The van der Waals surface area contributed by atoms with Crippen LogP contribution in [0.4, 0.5) is 17.2 Å². The van der Waals surface area contributed by atoms with Crippen LogP contribution in [0, 0.1) is 11.3 Å². The van der Waals surface area contributed by atoms with Gasteiger partial charge < -0.3 is 11.1 Å². The number of para-hydroxylation sites is 1. The van der Waals surface area contributed by atoms with E-state index in [1.165, 1.54) is 11.3 Å². The summed E-state index contributed by atoms with van der Waals surface area (Å²) in [6, 6.07) is 18.8. The van der Waals surface area contributed by atoms with Crippen LogP contribution in [0.15, 0.2) is 59.1 Å². The van der Waals surface area contributed by atoms with E-state index in [0.717, 1.165) is 10.0 Å². The van der Waals surface area contributed by atoms with Crippen molar-refractivity contribution in [3.63, 3.8) is 0 Å². The first-order valence-electron chi connectivity index (χ1n) is 8.58. The lowest BCUT2D eigenvalue weighted by Gasteiger charge is -2.08. The van der Waals surface area contributed by atoms with Crippen molar-refractivity contribution in [2.24, 2.45) is 0 Å². The number of fused-ring (bicyclic) bond motifs is 1. The summed E-state index contributed by atoms with van der Waals surface area (Å²) in [6.07, 6.45) is 0. The van der Waals surface area contributed by atoms with Gasteiger partial charge in [-0.1, -0.05) is 57.6 Å². The van der Waals surface area contributed by atoms with Crippen LogP contribution in [0.2, 0.25) is 0 Å². The number of nitrogens with one attached hydrogen (secondary N) is 2. The van der Waals surface area contributed by atoms with Crippen molar-refractivity contribution in [3.05, 3.63) is 69.5 Å². The van der Waals surface area contributed by atoms with Gasteiger partial charge in [0.2, 0.25) is 0 Å². The lowest BCUT2D eigenvalue weighted by atomic mass is 9.97. The molecule has 29 heavy (non-hydrogen) atoms. The van der Waals surface area contributed by atoms with Gasteiger partial charge in [-0.25, -0.2) is 4.98 Å². The van der Waals surface area contributed by atoms with E-state index >= 15 is 0 Å². The number of rotatable bonds is 3. The third-order valence-corrected chi connectivity index (χ3v) is 6.09. The van der Waals surface area contributed by atoms with E-state index in [0.29, 0.717) is 37.6 Å². The highest BCUT2D eigenvalue weighted by molar-refractivity contribution is 9.10. The highest BCUT2D eigenvalue weighted by Crippen LogP contribution is 2.41. The number of thiophene rings is 1. The molecule has 0 fully saturated rings. The molecule has 0 unspecified atom stereocenters. The van der Waals surface area contributed by atoms with Crippen LogP contribution in [-0.4, -0.2) is 5.91 Å². The van der Waals surface area contributed by atoms with Crippen molar-refractivity contribution in [2.45, 2.75) is 0 Å². The summed E-state index contributed by atoms with van der Waals surface area (Å²) in [5.41, 5.74) is 15.2. The summed E-state index contributed by atoms with van der Waals surface area (Å²) in [5.74, 6) is -0.0867. The van der Waals surface area contributed by atoms with E-state index in [9.17, 15) is 10.1 Å². The fourth-order valence-electron chi connectivity index (χ4n) is 3.12. The number of nitriles is 1. The average molecular weight is 465 g/mol. The number of H-pyrrole nitrogens is 1. The number of hydrogen-bond acceptors (Lipinski definition) is 5. The molecule has 2 aromatic heterocycles. The quantitative estimate of drug-likeness (QED) is 0.415. The van der Waals surface area contributed by atoms with Crippen molar-refractivity contribution < 1.29 is 9.78 Å². The maximum atomic E-state index is 12.8. The van der Waals surface area contributed by atoms with Gasteiger partial charge in [-0.2, -0.15) is 5.26 Å². The summed E-state index contributed by atoms with van der Waals surface area (Å²) in [6.45, 7) is 0. The van der Waals surface area contributed by atoms with Gasteiger partial charge in [-0.3, -0.25) is 10.5 Å². The summed E-state index contributed by atoms with van der Waals surface area (Å²) in [7, 11) is 0. The van der Waals surface area contributed by atoms with Crippen molar-refractivity contribution in [1.29, 1.82) is 5.26 Å². The topological polar surface area (TPSA) is 119 Å². The monoisotopic (exact) mass is 464 g/mol. The maximum absolute atomic E-state index is 12.8. The summed E-state index contributed by atoms with van der Waals surface area (Å²) >= 11 is 4.62. The Hall–Kier alpha value is -3.41. The van der Waals surface area contributed by atoms with Crippen molar-refractivity contribution in [2.75, 3.05) is 16.8 Å². The number of benzene rings is 2. The molecular weight excluding hydrogens is 450 g/mol. The SMILES string of the molecule is N#Cc1c(N)[nH+]c2sc(C(=O)Nc3ccccc3)c(N)c2c1-c1ccc(Br)cc1. The van der Waals surface area contributed by atoms with Crippen LogP contribution in [0.3, 0.4) is 0 Å². The Morgan fingerprint density at radius 2 is 1.79 bits per heavy atom. The van der Waals surface area contributed by atoms with Gasteiger partial charge in [0.1, 0.15) is 16.5 Å². The Morgan fingerprint density at radius 1 is 1.10 bits per heavy atom. The highest BCUT2D eigenvalue weighted by Gasteiger charge is 2.26. The molecule has 0 aliphatic rings. The number of nitrogen functional groups attached to an aromatic ring is 2. The first kappa shape index (κ1) is 18.9. The standard InChI is InChI=1S/C21H14BrN5OS/c22-12-8-6-11(7-9-12)15-14(10-23)19(25)27-21-16(15)17(24)18(29-21)20(28)26-13-4-2-1-3-5-13/h1-9H,24H2,(H2,25,27)(H,26,28)/p+1. The molecule has 4 rings (SSSR count). The third-order valence-electron chi connectivity index (χ3n) is 4.45. The molecule has 6 N–H and O–H groups in total. The van der Waals surface area contributed by atoms with Crippen molar-refractivity contribution in [1.82, 2.24) is 0 Å². The van der Waals surface area contributed by atoms with E-state index in [1.807, 2.05) is 42.5 Å². The Balaban J connectivity index is 1.92. The molecule has 0 aliphatic heterocycles. The molecule has 0 spiro atoms. The van der Waals surface area contributed by atoms with E-state index in [4.69, 9.17) is 11.5 Å². The molecule has 0 atom stereocenters. The van der Waals surface area contributed by atoms with Crippen LogP contribution in [-0.2, 0) is 0 Å². The van der Waals surface area contributed by atoms with Crippen molar-refractivity contribution >= 4 is 60.6 Å². The molecule has 8 heteroatoms. The first-order valence-corrected chi connectivity index (χ1v) is 10.2. The van der Waals surface area contributed by atoms with E-state index in [2.05, 4.69) is 32.3 Å². The number of nitrogens with zero attached hydrogens (tertiary/aromatic N) is 1. The molecule has 0 saturated heterocycles. The van der Waals surface area contributed by atoms with E-state index < -0.39 is 0 Å². The second-order valence-electron chi connectivity index (χ2n) is 6.28. The molecule has 0 radical (unpaired) electrons. The number of anilines is 3. The molecule has 2 heterocycles. The minimum atomic E-state index is -0.317. The van der Waals surface area contributed by atoms with Crippen LogP contribution >= 0.6 is 27.3 Å². The number of nitrogens with two attached hydrogens (primary N) is 2. The van der Waals surface area contributed by atoms with Gasteiger partial charge in [-0.05, 0) is 29.8 Å². The smallest absolute Gasteiger partial charge is 0.290 e. The molecular formula is C21H15BrN5OS+. The number of amides is 1. The van der Waals surface area contributed by atoms with Crippen LogP contribution in [0.25, 0.3) is 21.3 Å². The second-order valence-corrected chi connectivity index (χ2v) is 8.21. The zero-order valence-electron chi connectivity index (χ0n) is 15.0. The van der Waals surface area contributed by atoms with E-state index in [-0.39, 0.29) is 11.7 Å². The fraction of sp³-hybridized carbons (Fsp3) is 0. The van der Waals surface area contributed by atoms with Gasteiger partial charge in [-0.15, -0.1) is 0 Å². The normalized spacial score (nSPS) is 10.6. The largest absolute Gasteiger partial charge is 0.397 e. The molecule has 6 nitrogen and oxygen atoms in total. The Bertz CT molecular complexity index is 1280. The zero-order valence-corrected chi connectivity index (χ0v) is 17.4. The molecule has 4 aromatic rings. The van der Waals surface area contributed by atoms with Crippen LogP contribution in [0.1, 0.15) is 15.2 Å². The van der Waals surface area contributed by atoms with Gasteiger partial charge in [0.05, 0.1) is 11.1 Å². The molecule has 1 amide bonds. The lowest BCUT2D eigenvalue weighted by Crippen LogP contribution is -2.13. The Morgan fingerprint density at radius 3 is 2.45 bits per heavy atom. The number of halogens is 1. The number of aromatic nitrogens is 1. The molecule has 142 valence electrons. The van der Waals surface area contributed by atoms with Gasteiger partial charge in [0.25, 0.3) is 11.7 Å². The minimum absolute atomic E-state index is 0.231. The number of carbonyl (C=O) groups excluding carboxylic acids is 1. The lowest BCUT2D eigenvalue weighted by molar-refractivity contribution is -0.323. The second kappa shape index (κ2) is 7.54. The summed E-state index contributed by atoms with van der Waals surface area (Å²) in [4.78, 5) is 16.8. The molecule has 0 bridgehead atoms. The van der Waals surface area contributed by atoms with E-state index in [1.54, 1.807) is 12.1 Å². The summed E-state index contributed by atoms with van der Waals surface area (Å²) in [5, 5.41) is 13.2. The van der Waals surface area contributed by atoms with Crippen molar-refractivity contribution in [3.8, 4) is 17.2 Å². The molecule has 0 aliphatic carbocycles. The average Bonchev–Trinajstić information content (AvgIpc) is 3.04. The highest BCUT2D eigenvalue weighted by atomic mass is 79.9. The minimum Gasteiger partial charge on any atom is -0.397 e. The molecule has 2 aromatic carbocycles. The van der Waals surface area contributed by atoms with Gasteiger partial charge >= 0.3 is 0 Å². The van der Waals surface area contributed by atoms with Crippen LogP contribution in [0.5, 0.6) is 0 Å². The predicted molar refractivity (Wildman–Crippen MR) is 119 cm³/mol. The Kier molecular flexibility index (Phi) is 4.92. The zero-order chi connectivity index (χ0) is 20.5. The van der Waals surface area contributed by atoms with Gasteiger partial charge in [0.15, 0.2) is 4.83 Å². The molecule has 0 saturated carbocycles. The third kappa shape index (κ3) is 3.42. The fourth-order valence-corrected chi connectivity index (χ4v) is 4.42. The number of pyridine rings is 1. The maximum Gasteiger partial charge on any atom is 0.290 e. The Labute approximate surface area is 178 Å². The summed E-state index contributed by atoms with van der Waals surface area (Å²) < 4.78 is 0.910. The number of carbonyl (C=O) groups is 1. The van der Waals surface area contributed by atoms with Gasteiger partial charge in [0, 0.05) is 15.7 Å².